The van der Waals surface area contributed by atoms with Gasteiger partial charge in [0.1, 0.15) is 13.2 Å². The third-order valence-corrected chi connectivity index (χ3v) is 14.7. The molecule has 10 atom stereocenters. The highest BCUT2D eigenvalue weighted by molar-refractivity contribution is 5.78. The summed E-state index contributed by atoms with van der Waals surface area (Å²) in [6.07, 6.45) is 15.2. The van der Waals surface area contributed by atoms with E-state index in [-0.39, 0.29) is 46.1 Å². The molecule has 5 aliphatic carbocycles. The molecule has 45 heavy (non-hydrogen) atoms. The quantitative estimate of drug-likeness (QED) is 0.219. The van der Waals surface area contributed by atoms with Crippen LogP contribution in [-0.4, -0.2) is 34.9 Å². The molecule has 6 heteroatoms. The molecule has 0 N–H and O–H groups in total. The average Bonchev–Trinajstić information content (AvgIpc) is 3.58. The van der Waals surface area contributed by atoms with E-state index in [0.29, 0.717) is 36.8 Å². The highest BCUT2D eigenvalue weighted by Crippen LogP contribution is 2.77. The lowest BCUT2D eigenvalue weighted by molar-refractivity contribution is -0.231. The fraction of sp³-hybridized carbons (Fsp3) is 0.718. The van der Waals surface area contributed by atoms with Gasteiger partial charge in [0, 0.05) is 18.5 Å². The van der Waals surface area contributed by atoms with Gasteiger partial charge < -0.3 is 9.47 Å². The molecule has 0 saturated heterocycles. The van der Waals surface area contributed by atoms with Crippen LogP contribution in [0.2, 0.25) is 0 Å². The number of carbonyl (C=O) groups is 2. The molecule has 246 valence electrons. The Hall–Kier alpha value is -2.63. The Kier molecular flexibility index (Phi) is 7.88. The van der Waals surface area contributed by atoms with Gasteiger partial charge in [-0.2, -0.15) is 5.10 Å². The highest BCUT2D eigenvalue weighted by Gasteiger charge is 2.72. The lowest BCUT2D eigenvalue weighted by atomic mass is 9.32. The lowest BCUT2D eigenvalue weighted by Crippen LogP contribution is -2.67. The Bertz CT molecular complexity index is 1410. The van der Waals surface area contributed by atoms with E-state index in [1.54, 1.807) is 6.08 Å². The molecule has 4 saturated carbocycles. The summed E-state index contributed by atoms with van der Waals surface area (Å²) in [5.41, 5.74) is 3.12. The minimum Gasteiger partial charge on any atom is -0.465 e. The maximum Gasteiger partial charge on any atom is 0.312 e. The van der Waals surface area contributed by atoms with E-state index < -0.39 is 5.41 Å². The average molecular weight is 617 g/mol. The van der Waals surface area contributed by atoms with Crippen molar-refractivity contribution in [3.05, 3.63) is 54.9 Å². The third-order valence-electron chi connectivity index (χ3n) is 14.7. The van der Waals surface area contributed by atoms with Crippen molar-refractivity contribution in [2.75, 3.05) is 13.2 Å². The standard InChI is InChI=1S/C39H56N2O4/c1-10-20-41-23-27-22-35(6)30(36(7,33(27)40-41)24-45-26(5)42)15-16-38(9)31(35)13-12-29-32-28(25(3)4)14-17-39(32,19-18-37(29,38)8)34(43)44-21-11-2/h10-11,23,28-32H,1-3,12-22,24H2,4-9H3/t28-,29+,30+,31+,32+,35-,36-,37+,38+,39-/m0/s1. The fourth-order valence-corrected chi connectivity index (χ4v) is 12.7. The first-order valence-corrected chi connectivity index (χ1v) is 17.5. The van der Waals surface area contributed by atoms with Crippen LogP contribution in [0.1, 0.15) is 104 Å². The number of carbonyl (C=O) groups excluding carboxylic acids is 2. The zero-order chi connectivity index (χ0) is 32.6. The number of hydrogen-bond acceptors (Lipinski definition) is 5. The summed E-state index contributed by atoms with van der Waals surface area (Å²) in [7, 11) is 0. The second-order valence-electron chi connectivity index (χ2n) is 16.6. The smallest absolute Gasteiger partial charge is 0.312 e. The van der Waals surface area contributed by atoms with Crippen LogP contribution in [0.5, 0.6) is 0 Å². The second kappa shape index (κ2) is 11.0. The van der Waals surface area contributed by atoms with E-state index in [2.05, 4.69) is 60.6 Å². The van der Waals surface area contributed by atoms with Gasteiger partial charge in [-0.05, 0) is 116 Å². The van der Waals surface area contributed by atoms with Crippen LogP contribution in [0.4, 0.5) is 0 Å². The topological polar surface area (TPSA) is 70.4 Å². The van der Waals surface area contributed by atoms with Crippen LogP contribution in [-0.2, 0) is 37.4 Å². The molecule has 0 unspecified atom stereocenters. The van der Waals surface area contributed by atoms with E-state index >= 15 is 0 Å². The molecule has 0 bridgehead atoms. The van der Waals surface area contributed by atoms with Gasteiger partial charge in [-0.1, -0.05) is 58.6 Å². The summed E-state index contributed by atoms with van der Waals surface area (Å²) in [5.74, 6) is 1.73. The predicted molar refractivity (Wildman–Crippen MR) is 177 cm³/mol. The van der Waals surface area contributed by atoms with Crippen molar-refractivity contribution in [3.63, 3.8) is 0 Å². The van der Waals surface area contributed by atoms with Crippen molar-refractivity contribution in [1.82, 2.24) is 9.78 Å². The Balaban J connectivity index is 1.41. The molecule has 6 nitrogen and oxygen atoms in total. The number of allylic oxidation sites excluding steroid dienone is 2. The van der Waals surface area contributed by atoms with E-state index in [9.17, 15) is 9.59 Å². The van der Waals surface area contributed by atoms with Gasteiger partial charge in [0.15, 0.2) is 0 Å². The van der Waals surface area contributed by atoms with Crippen LogP contribution in [0, 0.1) is 51.2 Å². The molecule has 1 aromatic heterocycles. The molecule has 0 amide bonds. The Morgan fingerprint density at radius 3 is 2.38 bits per heavy atom. The van der Waals surface area contributed by atoms with E-state index in [1.165, 1.54) is 18.1 Å². The van der Waals surface area contributed by atoms with Crippen molar-refractivity contribution >= 4 is 11.9 Å². The number of aromatic nitrogens is 2. The van der Waals surface area contributed by atoms with Gasteiger partial charge in [-0.15, -0.1) is 6.58 Å². The van der Waals surface area contributed by atoms with Gasteiger partial charge in [0.05, 0.1) is 17.7 Å². The number of ether oxygens (including phenoxy) is 2. The normalized spacial score (nSPS) is 43.0. The summed E-state index contributed by atoms with van der Waals surface area (Å²) in [6, 6.07) is 0. The molecular formula is C39H56N2O4. The molecule has 4 fully saturated rings. The maximum atomic E-state index is 13.9. The summed E-state index contributed by atoms with van der Waals surface area (Å²) < 4.78 is 13.7. The first-order chi connectivity index (χ1) is 21.2. The van der Waals surface area contributed by atoms with Gasteiger partial charge >= 0.3 is 11.9 Å². The maximum absolute atomic E-state index is 13.9. The molecule has 1 heterocycles. The lowest BCUT2D eigenvalue weighted by Gasteiger charge is -2.72. The minimum absolute atomic E-state index is 0.00118. The summed E-state index contributed by atoms with van der Waals surface area (Å²) in [6.45, 7) is 27.3. The van der Waals surface area contributed by atoms with Crippen LogP contribution >= 0.6 is 0 Å². The summed E-state index contributed by atoms with van der Waals surface area (Å²) >= 11 is 0. The molecule has 0 spiro atoms. The molecular weight excluding hydrogens is 560 g/mol. The molecule has 0 aromatic carbocycles. The van der Waals surface area contributed by atoms with Crippen LogP contribution in [0.25, 0.3) is 0 Å². The zero-order valence-electron chi connectivity index (χ0n) is 28.8. The van der Waals surface area contributed by atoms with E-state index in [4.69, 9.17) is 14.6 Å². The first kappa shape index (κ1) is 32.3. The van der Waals surface area contributed by atoms with Crippen LogP contribution < -0.4 is 0 Å². The molecule has 5 aliphatic rings. The number of rotatable bonds is 8. The second-order valence-corrected chi connectivity index (χ2v) is 16.6. The fourth-order valence-electron chi connectivity index (χ4n) is 12.7. The van der Waals surface area contributed by atoms with Gasteiger partial charge in [0.2, 0.25) is 0 Å². The third kappa shape index (κ3) is 4.43. The Morgan fingerprint density at radius 2 is 1.71 bits per heavy atom. The zero-order valence-corrected chi connectivity index (χ0v) is 28.8. The molecule has 0 radical (unpaired) electrons. The van der Waals surface area contributed by atoms with Crippen molar-refractivity contribution in [2.24, 2.45) is 51.2 Å². The Labute approximate surface area is 271 Å². The van der Waals surface area contributed by atoms with E-state index in [0.717, 1.165) is 63.5 Å². The van der Waals surface area contributed by atoms with Crippen molar-refractivity contribution in [3.8, 4) is 0 Å². The van der Waals surface area contributed by atoms with Crippen molar-refractivity contribution < 1.29 is 19.1 Å². The van der Waals surface area contributed by atoms with Crippen LogP contribution in [0.15, 0.2) is 43.7 Å². The molecule has 0 aliphatic heterocycles. The van der Waals surface area contributed by atoms with Crippen molar-refractivity contribution in [1.29, 1.82) is 0 Å². The molecule has 1 aromatic rings. The van der Waals surface area contributed by atoms with Crippen molar-refractivity contribution in [2.45, 2.75) is 111 Å². The van der Waals surface area contributed by atoms with Gasteiger partial charge in [0.25, 0.3) is 0 Å². The minimum atomic E-state index is -0.414. The van der Waals surface area contributed by atoms with Gasteiger partial charge in [-0.3, -0.25) is 14.3 Å². The highest BCUT2D eigenvalue weighted by atomic mass is 16.5. The van der Waals surface area contributed by atoms with Gasteiger partial charge in [-0.25, -0.2) is 0 Å². The summed E-state index contributed by atoms with van der Waals surface area (Å²) in [5, 5.41) is 5.10. The first-order valence-electron chi connectivity index (χ1n) is 17.5. The largest absolute Gasteiger partial charge is 0.465 e. The SMILES string of the molecule is C=CCOC(=O)[C@]12CC[C@@H](C(=C)C)[C@@H]1[C@H]1CC[C@@H]3[C@@]4(C)Cc5cn(CC=C)nc5[C@@](C)(COC(C)=O)[C@@H]4CC[C@@]3(C)[C@]1(C)CC2. The summed E-state index contributed by atoms with van der Waals surface area (Å²) in [4.78, 5) is 26.1. The number of esters is 2. The predicted octanol–water partition coefficient (Wildman–Crippen LogP) is 8.01. The Morgan fingerprint density at radius 1 is 0.956 bits per heavy atom. The van der Waals surface area contributed by atoms with E-state index in [1.807, 2.05) is 10.8 Å². The monoisotopic (exact) mass is 616 g/mol. The number of nitrogens with zero attached hydrogens (tertiary/aromatic N) is 2. The number of hydrogen-bond donors (Lipinski definition) is 0. The number of fused-ring (bicyclic) bond motifs is 8. The van der Waals surface area contributed by atoms with Crippen LogP contribution in [0.3, 0.4) is 0 Å². The molecule has 6 rings (SSSR count).